The molecule has 0 aliphatic carbocycles. The molecule has 0 N–H and O–H groups in total. The summed E-state index contributed by atoms with van der Waals surface area (Å²) in [5.41, 5.74) is 4.16. The molecule has 0 spiro atoms. The first kappa shape index (κ1) is 19.9. The van der Waals surface area contributed by atoms with Crippen molar-refractivity contribution in [1.29, 1.82) is 0 Å². The standard InChI is InChI=1S/C24H27NO3/c1-7-15(2)21-12-19-22(28-21)20(14-25(6)23(19)27)17-9-8-10-18(11-17)24(4,5)13-16(3)26/h7-12,14H,13H2,1-6H3/b15-7+. The zero-order valence-corrected chi connectivity index (χ0v) is 17.4. The van der Waals surface area contributed by atoms with Crippen LogP contribution in [0.5, 0.6) is 0 Å². The normalized spacial score (nSPS) is 12.6. The molecule has 0 radical (unpaired) electrons. The van der Waals surface area contributed by atoms with E-state index in [1.807, 2.05) is 50.4 Å². The highest BCUT2D eigenvalue weighted by Crippen LogP contribution is 2.34. The number of fused-ring (bicyclic) bond motifs is 1. The number of hydrogen-bond donors (Lipinski definition) is 0. The second-order valence-electron chi connectivity index (χ2n) is 8.13. The number of hydrogen-bond acceptors (Lipinski definition) is 3. The lowest BCUT2D eigenvalue weighted by atomic mass is 9.79. The number of carbonyl (C=O) groups excluding carboxylic acids is 1. The zero-order chi connectivity index (χ0) is 20.6. The molecule has 4 nitrogen and oxygen atoms in total. The molecular weight excluding hydrogens is 350 g/mol. The van der Waals surface area contributed by atoms with E-state index >= 15 is 0 Å². The second-order valence-corrected chi connectivity index (χ2v) is 8.13. The third kappa shape index (κ3) is 3.59. The molecule has 2 heterocycles. The van der Waals surface area contributed by atoms with Crippen molar-refractivity contribution in [2.75, 3.05) is 0 Å². The van der Waals surface area contributed by atoms with E-state index in [4.69, 9.17) is 4.42 Å². The van der Waals surface area contributed by atoms with Gasteiger partial charge in [0.05, 0.1) is 5.39 Å². The Morgan fingerprint density at radius 2 is 1.93 bits per heavy atom. The quantitative estimate of drug-likeness (QED) is 0.592. The summed E-state index contributed by atoms with van der Waals surface area (Å²) in [6.07, 6.45) is 4.26. The maximum absolute atomic E-state index is 12.6. The monoisotopic (exact) mass is 377 g/mol. The van der Waals surface area contributed by atoms with Gasteiger partial charge in [-0.2, -0.15) is 0 Å². The Labute approximate surface area is 165 Å². The minimum Gasteiger partial charge on any atom is -0.456 e. The predicted octanol–water partition coefficient (Wildman–Crippen LogP) is 5.48. The molecule has 0 bridgehead atoms. The van der Waals surface area contributed by atoms with Crippen molar-refractivity contribution in [3.8, 4) is 11.1 Å². The smallest absolute Gasteiger partial charge is 0.261 e. The summed E-state index contributed by atoms with van der Waals surface area (Å²) in [5.74, 6) is 0.868. The molecule has 2 aromatic heterocycles. The number of allylic oxidation sites excluding steroid dienone is 2. The number of aryl methyl sites for hydroxylation is 1. The van der Waals surface area contributed by atoms with Crippen molar-refractivity contribution < 1.29 is 9.21 Å². The van der Waals surface area contributed by atoms with E-state index in [0.29, 0.717) is 23.2 Å². The van der Waals surface area contributed by atoms with Crippen LogP contribution >= 0.6 is 0 Å². The Morgan fingerprint density at radius 3 is 2.57 bits per heavy atom. The number of benzene rings is 1. The van der Waals surface area contributed by atoms with Gasteiger partial charge in [-0.25, -0.2) is 0 Å². The Balaban J connectivity index is 2.23. The minimum atomic E-state index is -0.266. The van der Waals surface area contributed by atoms with Crippen molar-refractivity contribution in [2.45, 2.75) is 46.5 Å². The molecule has 0 aliphatic heterocycles. The summed E-state index contributed by atoms with van der Waals surface area (Å²) in [5, 5.41) is 0.574. The number of carbonyl (C=O) groups is 1. The number of Topliss-reactive ketones (excluding diaryl/α,β-unsaturated/α-hetero) is 1. The van der Waals surface area contributed by atoms with Crippen molar-refractivity contribution in [3.63, 3.8) is 0 Å². The molecule has 0 aliphatic rings. The lowest BCUT2D eigenvalue weighted by Crippen LogP contribution is -2.20. The predicted molar refractivity (Wildman–Crippen MR) is 115 cm³/mol. The highest BCUT2D eigenvalue weighted by Gasteiger charge is 2.23. The lowest BCUT2D eigenvalue weighted by Gasteiger charge is -2.24. The van der Waals surface area contributed by atoms with E-state index < -0.39 is 0 Å². The van der Waals surface area contributed by atoms with E-state index in [0.717, 1.165) is 22.3 Å². The van der Waals surface area contributed by atoms with Gasteiger partial charge in [-0.15, -0.1) is 0 Å². The highest BCUT2D eigenvalue weighted by molar-refractivity contribution is 5.93. The fourth-order valence-electron chi connectivity index (χ4n) is 3.63. The Kier molecular flexibility index (Phi) is 5.16. The Hall–Kier alpha value is -2.88. The van der Waals surface area contributed by atoms with Crippen LogP contribution in [-0.2, 0) is 17.3 Å². The van der Waals surface area contributed by atoms with Gasteiger partial charge in [0.1, 0.15) is 17.1 Å². The molecule has 0 unspecified atom stereocenters. The zero-order valence-electron chi connectivity index (χ0n) is 17.4. The van der Waals surface area contributed by atoms with Gasteiger partial charge in [-0.05, 0) is 49.0 Å². The fraction of sp³-hybridized carbons (Fsp3) is 0.333. The van der Waals surface area contributed by atoms with Gasteiger partial charge < -0.3 is 8.98 Å². The van der Waals surface area contributed by atoms with E-state index in [2.05, 4.69) is 19.9 Å². The van der Waals surface area contributed by atoms with Crippen molar-refractivity contribution >= 4 is 22.3 Å². The van der Waals surface area contributed by atoms with Gasteiger partial charge in [0, 0.05) is 25.2 Å². The number of nitrogens with zero attached hydrogens (tertiary/aromatic N) is 1. The molecule has 0 saturated carbocycles. The summed E-state index contributed by atoms with van der Waals surface area (Å²) in [6, 6.07) is 9.96. The Bertz CT molecular complexity index is 1140. The number of pyridine rings is 1. The molecule has 28 heavy (non-hydrogen) atoms. The van der Waals surface area contributed by atoms with Crippen molar-refractivity contribution in [3.05, 3.63) is 64.3 Å². The van der Waals surface area contributed by atoms with Crippen molar-refractivity contribution in [1.82, 2.24) is 4.57 Å². The highest BCUT2D eigenvalue weighted by atomic mass is 16.3. The van der Waals surface area contributed by atoms with Gasteiger partial charge in [0.15, 0.2) is 0 Å². The van der Waals surface area contributed by atoms with E-state index in [9.17, 15) is 9.59 Å². The average Bonchev–Trinajstić information content (AvgIpc) is 3.09. The van der Waals surface area contributed by atoms with Gasteiger partial charge in [0.25, 0.3) is 5.56 Å². The fourth-order valence-corrected chi connectivity index (χ4v) is 3.63. The lowest BCUT2D eigenvalue weighted by molar-refractivity contribution is -0.118. The first-order chi connectivity index (χ1) is 13.1. The van der Waals surface area contributed by atoms with Crippen LogP contribution in [0.4, 0.5) is 0 Å². The Morgan fingerprint density at radius 1 is 1.21 bits per heavy atom. The topological polar surface area (TPSA) is 52.2 Å². The van der Waals surface area contributed by atoms with E-state index in [-0.39, 0.29) is 16.8 Å². The van der Waals surface area contributed by atoms with Gasteiger partial charge >= 0.3 is 0 Å². The van der Waals surface area contributed by atoms with Gasteiger partial charge in [-0.3, -0.25) is 9.59 Å². The molecule has 0 atom stereocenters. The summed E-state index contributed by atoms with van der Waals surface area (Å²) in [7, 11) is 1.75. The second kappa shape index (κ2) is 7.27. The van der Waals surface area contributed by atoms with Gasteiger partial charge in [0.2, 0.25) is 0 Å². The molecular formula is C24H27NO3. The largest absolute Gasteiger partial charge is 0.456 e. The third-order valence-electron chi connectivity index (χ3n) is 5.32. The first-order valence-electron chi connectivity index (χ1n) is 9.51. The first-order valence-corrected chi connectivity index (χ1v) is 9.51. The minimum absolute atomic E-state index is 0.0780. The van der Waals surface area contributed by atoms with E-state index in [1.54, 1.807) is 18.5 Å². The van der Waals surface area contributed by atoms with Crippen molar-refractivity contribution in [2.24, 2.45) is 7.05 Å². The van der Waals surface area contributed by atoms with Crippen LogP contribution in [0.3, 0.4) is 0 Å². The molecule has 0 amide bonds. The SMILES string of the molecule is C/C=C(\C)c1cc2c(=O)n(C)cc(-c3cccc(C(C)(C)CC(C)=O)c3)c2o1. The van der Waals surface area contributed by atoms with Crippen LogP contribution in [0.1, 0.15) is 52.4 Å². The average molecular weight is 377 g/mol. The molecule has 146 valence electrons. The maximum atomic E-state index is 12.6. The van der Waals surface area contributed by atoms with Crippen LogP contribution in [-0.4, -0.2) is 10.4 Å². The maximum Gasteiger partial charge on any atom is 0.261 e. The van der Waals surface area contributed by atoms with Gasteiger partial charge in [-0.1, -0.05) is 44.2 Å². The van der Waals surface area contributed by atoms with Crippen LogP contribution < -0.4 is 5.56 Å². The summed E-state index contributed by atoms with van der Waals surface area (Å²) in [4.78, 5) is 24.3. The van der Waals surface area contributed by atoms with E-state index in [1.165, 1.54) is 0 Å². The summed E-state index contributed by atoms with van der Waals surface area (Å²) >= 11 is 0. The third-order valence-corrected chi connectivity index (χ3v) is 5.32. The number of ketones is 1. The van der Waals surface area contributed by atoms with Crippen LogP contribution in [0.2, 0.25) is 0 Å². The summed E-state index contributed by atoms with van der Waals surface area (Å²) < 4.78 is 7.69. The summed E-state index contributed by atoms with van der Waals surface area (Å²) in [6.45, 7) is 9.68. The van der Waals surface area contributed by atoms with Crippen LogP contribution in [0, 0.1) is 0 Å². The van der Waals surface area contributed by atoms with Crippen LogP contribution in [0.15, 0.2) is 51.8 Å². The molecule has 3 rings (SSSR count). The number of furan rings is 1. The molecule has 1 aromatic carbocycles. The molecule has 0 fully saturated rings. The molecule has 0 saturated heterocycles. The number of rotatable bonds is 5. The molecule has 3 aromatic rings. The van der Waals surface area contributed by atoms with Crippen LogP contribution in [0.25, 0.3) is 27.7 Å². The molecule has 4 heteroatoms. The number of aromatic nitrogens is 1.